The summed E-state index contributed by atoms with van der Waals surface area (Å²) in [6, 6.07) is 18.6. The van der Waals surface area contributed by atoms with Gasteiger partial charge in [0.25, 0.3) is 0 Å². The SMILES string of the molecule is c1cnc(-c2cccc(Cc3cccc(-c4cnccn4)c3)c2)nc1. The zero-order valence-corrected chi connectivity index (χ0v) is 13.6. The Balaban J connectivity index is 1.61. The number of benzene rings is 2. The van der Waals surface area contributed by atoms with Gasteiger partial charge in [0.05, 0.1) is 11.9 Å². The Kier molecular flexibility index (Phi) is 4.25. The van der Waals surface area contributed by atoms with Crippen LogP contribution in [0.25, 0.3) is 22.6 Å². The van der Waals surface area contributed by atoms with Crippen LogP contribution in [0.5, 0.6) is 0 Å². The summed E-state index contributed by atoms with van der Waals surface area (Å²) in [5.41, 5.74) is 5.45. The third-order valence-corrected chi connectivity index (χ3v) is 3.95. The highest BCUT2D eigenvalue weighted by Crippen LogP contribution is 2.21. The van der Waals surface area contributed by atoms with Crippen molar-refractivity contribution in [3.05, 3.63) is 96.7 Å². The van der Waals surface area contributed by atoms with Gasteiger partial charge in [-0.05, 0) is 35.7 Å². The molecule has 0 spiro atoms. The second-order valence-electron chi connectivity index (χ2n) is 5.74. The molecule has 0 unspecified atom stereocenters. The fourth-order valence-electron chi connectivity index (χ4n) is 2.79. The second kappa shape index (κ2) is 7.01. The smallest absolute Gasteiger partial charge is 0.159 e. The molecule has 0 bridgehead atoms. The minimum atomic E-state index is 0.748. The maximum atomic E-state index is 4.37. The number of nitrogens with zero attached hydrogens (tertiary/aromatic N) is 4. The van der Waals surface area contributed by atoms with E-state index in [1.807, 2.05) is 18.2 Å². The quantitative estimate of drug-likeness (QED) is 0.565. The zero-order chi connectivity index (χ0) is 16.9. The highest BCUT2D eigenvalue weighted by atomic mass is 14.8. The Labute approximate surface area is 146 Å². The summed E-state index contributed by atoms with van der Waals surface area (Å²) in [4.78, 5) is 17.2. The molecule has 25 heavy (non-hydrogen) atoms. The summed E-state index contributed by atoms with van der Waals surface area (Å²) in [5, 5.41) is 0. The van der Waals surface area contributed by atoms with Crippen LogP contribution in [0, 0.1) is 0 Å². The van der Waals surface area contributed by atoms with E-state index in [0.29, 0.717) is 0 Å². The topological polar surface area (TPSA) is 51.6 Å². The van der Waals surface area contributed by atoms with Gasteiger partial charge in [-0.1, -0.05) is 36.4 Å². The predicted molar refractivity (Wildman–Crippen MR) is 97.7 cm³/mol. The van der Waals surface area contributed by atoms with Crippen molar-refractivity contribution in [2.45, 2.75) is 6.42 Å². The van der Waals surface area contributed by atoms with Crippen LogP contribution < -0.4 is 0 Å². The number of hydrogen-bond donors (Lipinski definition) is 0. The van der Waals surface area contributed by atoms with Crippen molar-refractivity contribution in [1.29, 1.82) is 0 Å². The van der Waals surface area contributed by atoms with Crippen LogP contribution >= 0.6 is 0 Å². The van der Waals surface area contributed by atoms with E-state index in [1.165, 1.54) is 11.1 Å². The first-order valence-corrected chi connectivity index (χ1v) is 8.10. The van der Waals surface area contributed by atoms with Crippen LogP contribution in [0.15, 0.2) is 85.6 Å². The molecule has 120 valence electrons. The van der Waals surface area contributed by atoms with Gasteiger partial charge < -0.3 is 0 Å². The lowest BCUT2D eigenvalue weighted by Crippen LogP contribution is -1.92. The van der Waals surface area contributed by atoms with Crippen LogP contribution in [0.1, 0.15) is 11.1 Å². The molecule has 4 aromatic rings. The Hall–Kier alpha value is -3.40. The van der Waals surface area contributed by atoms with Crippen molar-refractivity contribution in [3.8, 4) is 22.6 Å². The van der Waals surface area contributed by atoms with Gasteiger partial charge in [0.15, 0.2) is 5.82 Å². The van der Waals surface area contributed by atoms with Gasteiger partial charge in [0.2, 0.25) is 0 Å². The normalized spacial score (nSPS) is 10.6. The van der Waals surface area contributed by atoms with Crippen molar-refractivity contribution in [1.82, 2.24) is 19.9 Å². The average molecular weight is 324 g/mol. The van der Waals surface area contributed by atoms with Crippen molar-refractivity contribution < 1.29 is 0 Å². The Morgan fingerprint density at radius 1 is 0.640 bits per heavy atom. The van der Waals surface area contributed by atoms with Gasteiger partial charge in [-0.25, -0.2) is 9.97 Å². The summed E-state index contributed by atoms with van der Waals surface area (Å²) in [7, 11) is 0. The first kappa shape index (κ1) is 15.1. The van der Waals surface area contributed by atoms with E-state index >= 15 is 0 Å². The molecule has 0 fully saturated rings. The van der Waals surface area contributed by atoms with Gasteiger partial charge in [0.1, 0.15) is 0 Å². The van der Waals surface area contributed by atoms with E-state index in [9.17, 15) is 0 Å². The van der Waals surface area contributed by atoms with Gasteiger partial charge in [-0.15, -0.1) is 0 Å². The van der Waals surface area contributed by atoms with Gasteiger partial charge >= 0.3 is 0 Å². The van der Waals surface area contributed by atoms with Crippen LogP contribution in [0.4, 0.5) is 0 Å². The lowest BCUT2D eigenvalue weighted by atomic mass is 10.00. The molecule has 2 aromatic carbocycles. The molecule has 0 amide bonds. The molecule has 0 aliphatic heterocycles. The Morgan fingerprint density at radius 2 is 1.36 bits per heavy atom. The van der Waals surface area contributed by atoms with E-state index in [0.717, 1.165) is 29.1 Å². The van der Waals surface area contributed by atoms with E-state index < -0.39 is 0 Å². The van der Waals surface area contributed by atoms with E-state index in [1.54, 1.807) is 31.0 Å². The molecule has 2 aromatic heterocycles. The van der Waals surface area contributed by atoms with E-state index in [2.05, 4.69) is 56.3 Å². The van der Waals surface area contributed by atoms with Crippen LogP contribution in [-0.2, 0) is 6.42 Å². The summed E-state index contributed by atoms with van der Waals surface area (Å²) < 4.78 is 0. The number of rotatable bonds is 4. The minimum absolute atomic E-state index is 0.748. The molecule has 4 heteroatoms. The monoisotopic (exact) mass is 324 g/mol. The lowest BCUT2D eigenvalue weighted by Gasteiger charge is -2.07. The summed E-state index contributed by atoms with van der Waals surface area (Å²) in [6.07, 6.45) is 9.55. The number of aromatic nitrogens is 4. The average Bonchev–Trinajstić information content (AvgIpc) is 2.70. The fourth-order valence-corrected chi connectivity index (χ4v) is 2.79. The Morgan fingerprint density at radius 3 is 2.08 bits per heavy atom. The highest BCUT2D eigenvalue weighted by molar-refractivity contribution is 5.60. The highest BCUT2D eigenvalue weighted by Gasteiger charge is 2.04. The molecular weight excluding hydrogens is 308 g/mol. The largest absolute Gasteiger partial charge is 0.261 e. The third-order valence-electron chi connectivity index (χ3n) is 3.95. The van der Waals surface area contributed by atoms with E-state index in [-0.39, 0.29) is 0 Å². The summed E-state index contributed by atoms with van der Waals surface area (Å²) in [6.45, 7) is 0. The van der Waals surface area contributed by atoms with Crippen LogP contribution in [-0.4, -0.2) is 19.9 Å². The molecule has 0 saturated heterocycles. The molecule has 4 nitrogen and oxygen atoms in total. The van der Waals surface area contributed by atoms with Crippen LogP contribution in [0.2, 0.25) is 0 Å². The minimum Gasteiger partial charge on any atom is -0.261 e. The molecule has 4 rings (SSSR count). The fraction of sp³-hybridized carbons (Fsp3) is 0.0476. The van der Waals surface area contributed by atoms with Gasteiger partial charge in [-0.2, -0.15) is 0 Å². The molecule has 0 atom stereocenters. The molecule has 0 saturated carbocycles. The number of hydrogen-bond acceptors (Lipinski definition) is 4. The van der Waals surface area contributed by atoms with Crippen LogP contribution in [0.3, 0.4) is 0 Å². The van der Waals surface area contributed by atoms with Crippen molar-refractivity contribution >= 4 is 0 Å². The molecule has 0 N–H and O–H groups in total. The van der Waals surface area contributed by atoms with Gasteiger partial charge in [-0.3, -0.25) is 9.97 Å². The molecule has 0 radical (unpaired) electrons. The maximum Gasteiger partial charge on any atom is 0.159 e. The molecule has 0 aliphatic rings. The summed E-state index contributed by atoms with van der Waals surface area (Å²) >= 11 is 0. The third kappa shape index (κ3) is 3.58. The maximum absolute atomic E-state index is 4.37. The first-order chi connectivity index (χ1) is 12.4. The summed E-state index contributed by atoms with van der Waals surface area (Å²) in [5.74, 6) is 0.748. The molecule has 0 aliphatic carbocycles. The zero-order valence-electron chi connectivity index (χ0n) is 13.6. The Bertz CT molecular complexity index is 888. The second-order valence-corrected chi connectivity index (χ2v) is 5.74. The van der Waals surface area contributed by atoms with Crippen molar-refractivity contribution in [2.75, 3.05) is 0 Å². The van der Waals surface area contributed by atoms with Gasteiger partial charge in [0, 0.05) is 35.9 Å². The van der Waals surface area contributed by atoms with Crippen molar-refractivity contribution in [3.63, 3.8) is 0 Å². The molecular formula is C21H16N4. The van der Waals surface area contributed by atoms with Crippen molar-refractivity contribution in [2.24, 2.45) is 0 Å². The van der Waals surface area contributed by atoms with E-state index in [4.69, 9.17) is 0 Å². The molecule has 2 heterocycles. The lowest BCUT2D eigenvalue weighted by molar-refractivity contribution is 1.15. The first-order valence-electron chi connectivity index (χ1n) is 8.10. The standard InChI is InChI=1S/C21H16N4/c1-4-16(13-18(6-1)20-15-22-10-11-23-20)12-17-5-2-7-19(14-17)21-24-8-3-9-25-21/h1-11,13-15H,12H2. The predicted octanol–water partition coefficient (Wildman–Crippen LogP) is 4.19.